The number of carboxylic acids is 2. The Labute approximate surface area is 181 Å². The Morgan fingerprint density at radius 1 is 0.690 bits per heavy atom. The van der Waals surface area contributed by atoms with Crippen LogP contribution in [0.25, 0.3) is 0 Å². The Morgan fingerprint density at radius 3 is 1.10 bits per heavy atom. The Morgan fingerprint density at radius 2 is 0.897 bits per heavy atom. The molecule has 0 spiro atoms. The van der Waals surface area contributed by atoms with Crippen molar-refractivity contribution in [2.45, 2.75) is 111 Å². The van der Waals surface area contributed by atoms with Crippen LogP contribution in [0, 0.1) is 0 Å². The zero-order chi connectivity index (χ0) is 22.3. The van der Waals surface area contributed by atoms with Gasteiger partial charge in [-0.05, 0) is 19.8 Å². The Hall–Kier alpha value is -1.14. The smallest absolute Gasteiger partial charge is 0.300 e. The molecule has 0 heterocycles. The molecule has 0 aromatic rings. The van der Waals surface area contributed by atoms with E-state index in [1.165, 1.54) is 96.4 Å². The molecule has 4 N–H and O–H groups in total. The fourth-order valence-corrected chi connectivity index (χ4v) is 2.78. The summed E-state index contributed by atoms with van der Waals surface area (Å²) in [5.74, 6) is -1.92. The quantitative estimate of drug-likeness (QED) is 0.280. The van der Waals surface area contributed by atoms with E-state index < -0.39 is 11.9 Å². The maximum atomic E-state index is 9.00. The summed E-state index contributed by atoms with van der Waals surface area (Å²) in [5, 5.41) is 16.3. The second kappa shape index (κ2) is 26.9. The molecule has 29 heavy (non-hydrogen) atoms. The van der Waals surface area contributed by atoms with Crippen LogP contribution in [-0.4, -0.2) is 49.2 Å². The van der Waals surface area contributed by atoms with Crippen molar-refractivity contribution in [1.82, 2.24) is 6.15 Å². The molecule has 0 saturated heterocycles. The largest absolute Gasteiger partial charge is 0.550 e. The van der Waals surface area contributed by atoms with E-state index in [9.17, 15) is 0 Å². The molecule has 0 bridgehead atoms. The van der Waals surface area contributed by atoms with Gasteiger partial charge in [-0.1, -0.05) is 84.0 Å². The number of nitrogens with zero attached hydrogens (tertiary/aromatic N) is 1. The molecule has 0 fully saturated rings. The topological polar surface area (TPSA) is 112 Å². The Kier molecular flexibility index (Phi) is 32.7. The Balaban J connectivity index is -0.000000294. The summed E-state index contributed by atoms with van der Waals surface area (Å²) in [7, 11) is 6.88. The lowest BCUT2D eigenvalue weighted by Crippen LogP contribution is -2.35. The molecule has 178 valence electrons. The van der Waals surface area contributed by atoms with Crippen LogP contribution < -0.4 is 11.3 Å². The first kappa shape index (κ1) is 35.3. The molecule has 0 aromatic carbocycles. The summed E-state index contributed by atoms with van der Waals surface area (Å²) in [5.41, 5.74) is 0. The van der Waals surface area contributed by atoms with Crippen molar-refractivity contribution in [3.8, 4) is 0 Å². The first-order chi connectivity index (χ1) is 13.0. The van der Waals surface area contributed by atoms with E-state index in [4.69, 9.17) is 19.8 Å². The van der Waals surface area contributed by atoms with E-state index in [-0.39, 0.29) is 6.15 Å². The van der Waals surface area contributed by atoms with Crippen molar-refractivity contribution in [1.29, 1.82) is 0 Å². The van der Waals surface area contributed by atoms with Gasteiger partial charge >= 0.3 is 0 Å². The molecule has 0 amide bonds. The van der Waals surface area contributed by atoms with Crippen molar-refractivity contribution in [2.75, 3.05) is 27.7 Å². The number of unbranched alkanes of at least 4 members (excludes halogenated alkanes) is 13. The predicted octanol–water partition coefficient (Wildman–Crippen LogP) is 5.18. The van der Waals surface area contributed by atoms with Crippen molar-refractivity contribution in [3.63, 3.8) is 0 Å². The number of hydrogen-bond donors (Lipinski definition) is 2. The lowest BCUT2D eigenvalue weighted by Gasteiger charge is -2.23. The van der Waals surface area contributed by atoms with Gasteiger partial charge in [-0.2, -0.15) is 0 Å². The Bertz CT molecular complexity index is 322. The maximum absolute atomic E-state index is 9.00. The average Bonchev–Trinajstić information content (AvgIpc) is 2.53. The van der Waals surface area contributed by atoms with Gasteiger partial charge in [0.15, 0.2) is 0 Å². The first-order valence-electron chi connectivity index (χ1n) is 11.2. The lowest BCUT2D eigenvalue weighted by atomic mass is 10.0. The van der Waals surface area contributed by atoms with Crippen LogP contribution in [0.3, 0.4) is 0 Å². The van der Waals surface area contributed by atoms with Gasteiger partial charge in [-0.3, -0.25) is 4.79 Å². The van der Waals surface area contributed by atoms with E-state index in [1.807, 2.05) is 0 Å². The van der Waals surface area contributed by atoms with Gasteiger partial charge in [0.1, 0.15) is 0 Å². The second-order valence-electron chi connectivity index (χ2n) is 8.62. The number of aliphatic carboxylic acids is 2. The van der Waals surface area contributed by atoms with Crippen LogP contribution >= 0.6 is 0 Å². The van der Waals surface area contributed by atoms with Crippen LogP contribution in [-0.2, 0) is 9.59 Å². The van der Waals surface area contributed by atoms with Crippen molar-refractivity contribution in [3.05, 3.63) is 0 Å². The van der Waals surface area contributed by atoms with Crippen molar-refractivity contribution < 1.29 is 24.3 Å². The minimum absolute atomic E-state index is 0. The third-order valence-electron chi connectivity index (χ3n) is 4.18. The van der Waals surface area contributed by atoms with Crippen LogP contribution in [0.1, 0.15) is 111 Å². The minimum atomic E-state index is -1.08. The molecule has 0 saturated carbocycles. The summed E-state index contributed by atoms with van der Waals surface area (Å²) in [6.45, 7) is 5.68. The molecule has 0 rings (SSSR count). The van der Waals surface area contributed by atoms with E-state index in [2.05, 4.69) is 28.1 Å². The molecule has 0 atom stereocenters. The highest BCUT2D eigenvalue weighted by Crippen LogP contribution is 2.13. The molecule has 0 unspecified atom stereocenters. The highest BCUT2D eigenvalue weighted by Gasteiger charge is 2.04. The number of carboxylic acid groups (broad SMARTS) is 2. The van der Waals surface area contributed by atoms with Gasteiger partial charge in [0, 0.05) is 12.9 Å². The van der Waals surface area contributed by atoms with Gasteiger partial charge in [0.2, 0.25) is 0 Å². The molecule has 0 aliphatic carbocycles. The maximum Gasteiger partial charge on any atom is 0.300 e. The first-order valence-corrected chi connectivity index (χ1v) is 11.2. The zero-order valence-electron chi connectivity index (χ0n) is 20.4. The highest BCUT2D eigenvalue weighted by atomic mass is 16.4. The number of rotatable bonds is 15. The van der Waals surface area contributed by atoms with Gasteiger partial charge < -0.3 is 25.6 Å². The number of carbonyl (C=O) groups is 2. The fourth-order valence-electron chi connectivity index (χ4n) is 2.78. The van der Waals surface area contributed by atoms with Gasteiger partial charge in [0.25, 0.3) is 5.97 Å². The molecule has 0 radical (unpaired) electrons. The summed E-state index contributed by atoms with van der Waals surface area (Å²) in [6, 6.07) is 0. The predicted molar refractivity (Wildman–Crippen MR) is 122 cm³/mol. The summed E-state index contributed by atoms with van der Waals surface area (Å²) in [4.78, 5) is 17.9. The molecular formula is C23H52N2O4. The summed E-state index contributed by atoms with van der Waals surface area (Å²) in [6.07, 6.45) is 20.4. The molecule has 0 aromatic heterocycles. The minimum Gasteiger partial charge on any atom is -0.550 e. The third kappa shape index (κ3) is 66.0. The van der Waals surface area contributed by atoms with Gasteiger partial charge in [-0.25, -0.2) is 0 Å². The van der Waals surface area contributed by atoms with E-state index >= 15 is 0 Å². The number of hydrogen-bond acceptors (Lipinski definition) is 4. The van der Waals surface area contributed by atoms with E-state index in [1.54, 1.807) is 0 Å². The zero-order valence-corrected chi connectivity index (χ0v) is 20.4. The molecule has 0 aliphatic rings. The second-order valence-corrected chi connectivity index (χ2v) is 8.62. The molecule has 6 heteroatoms. The van der Waals surface area contributed by atoms with Crippen LogP contribution in [0.5, 0.6) is 0 Å². The number of quaternary nitrogens is 1. The fraction of sp³-hybridized carbons (Fsp3) is 0.913. The van der Waals surface area contributed by atoms with Crippen LogP contribution in [0.4, 0.5) is 0 Å². The number of carbonyl (C=O) groups excluding carboxylic acids is 1. The average molecular weight is 421 g/mol. The van der Waals surface area contributed by atoms with Gasteiger partial charge in [-0.15, -0.1) is 0 Å². The SMILES string of the molecule is CC(=O)O.CC(=O)[O-].CCCCCCCCCCCCCCCC[N+](C)(C)C.N. The third-order valence-corrected chi connectivity index (χ3v) is 4.18. The highest BCUT2D eigenvalue weighted by molar-refractivity contribution is 5.63. The normalized spacial score (nSPS) is 10.0. The summed E-state index contributed by atoms with van der Waals surface area (Å²) >= 11 is 0. The van der Waals surface area contributed by atoms with Crippen molar-refractivity contribution >= 4 is 11.9 Å². The standard InChI is InChI=1S/C19H42N.2C2H4O2.H3N/c1-5-6-7-8-9-10-11-12-13-14-15-16-17-18-19-20(2,3)4;2*1-2(3)4;/h5-19H2,1-4H3;2*1H3,(H,3,4);1H3/q+1;;;/p-1. The van der Waals surface area contributed by atoms with Crippen molar-refractivity contribution in [2.24, 2.45) is 0 Å². The van der Waals surface area contributed by atoms with Gasteiger partial charge in [0.05, 0.1) is 27.7 Å². The molecule has 0 aliphatic heterocycles. The molecular weight excluding hydrogens is 368 g/mol. The molecule has 6 nitrogen and oxygen atoms in total. The lowest BCUT2D eigenvalue weighted by molar-refractivity contribution is -0.870. The van der Waals surface area contributed by atoms with Crippen LogP contribution in [0.15, 0.2) is 0 Å². The monoisotopic (exact) mass is 420 g/mol. The van der Waals surface area contributed by atoms with E-state index in [0.29, 0.717) is 0 Å². The summed E-state index contributed by atoms with van der Waals surface area (Å²) < 4.78 is 1.12. The van der Waals surface area contributed by atoms with Crippen LogP contribution in [0.2, 0.25) is 0 Å². The van der Waals surface area contributed by atoms with E-state index in [0.717, 1.165) is 18.3 Å².